The molecule has 2 amide bonds. The first-order valence-corrected chi connectivity index (χ1v) is 21.9. The maximum atomic E-state index is 15.9. The molecule has 12 nitrogen and oxygen atoms in total. The number of aliphatic hydroxyl groups is 1. The van der Waals surface area contributed by atoms with Crippen molar-refractivity contribution in [2.24, 2.45) is 5.92 Å². The number of likely N-dealkylation sites (tertiary alicyclic amines) is 1. The van der Waals surface area contributed by atoms with E-state index in [4.69, 9.17) is 9.47 Å². The summed E-state index contributed by atoms with van der Waals surface area (Å²) in [6.45, 7) is 1.20. The molecule has 0 saturated carbocycles. The minimum Gasteiger partial charge on any atom is -0.491 e. The number of hydrogen-bond acceptors (Lipinski definition) is 9. The number of amides is 2. The number of carbonyl (C=O) groups is 3. The number of aliphatic hydroxyl groups excluding tert-OH is 1. The third kappa shape index (κ3) is 7.11. The van der Waals surface area contributed by atoms with E-state index < -0.39 is 41.5 Å². The van der Waals surface area contributed by atoms with Gasteiger partial charge in [-0.15, -0.1) is 5.10 Å². The number of nitrogens with zero attached hydrogens (tertiary/aromatic N) is 5. The maximum absolute atomic E-state index is 15.9. The van der Waals surface area contributed by atoms with Gasteiger partial charge in [-0.3, -0.25) is 19.3 Å². The summed E-state index contributed by atoms with van der Waals surface area (Å²) in [4.78, 5) is 50.8. The van der Waals surface area contributed by atoms with Gasteiger partial charge in [0, 0.05) is 24.3 Å². The van der Waals surface area contributed by atoms with Crippen molar-refractivity contribution in [2.45, 2.75) is 68.3 Å². The number of esters is 1. The molecule has 1 aromatic heterocycles. The first kappa shape index (κ1) is 40.3. The van der Waals surface area contributed by atoms with Gasteiger partial charge in [0.15, 0.2) is 0 Å². The molecule has 12 heteroatoms. The number of nitrogens with one attached hydrogen (secondary N) is 1. The Kier molecular flexibility index (Phi) is 11.0. The third-order valence-electron chi connectivity index (χ3n) is 13.2. The Morgan fingerprint density at radius 1 is 0.810 bits per heavy atom. The zero-order chi connectivity index (χ0) is 42.9. The highest BCUT2D eigenvalue weighted by Gasteiger charge is 2.74. The molecule has 318 valence electrons. The number of para-hydroxylation sites is 1. The van der Waals surface area contributed by atoms with Gasteiger partial charge in [0.05, 0.1) is 30.1 Å². The number of benzene rings is 5. The molecule has 4 aliphatic heterocycles. The molecule has 1 spiro atoms. The summed E-state index contributed by atoms with van der Waals surface area (Å²) in [5.74, 6) is 4.70. The second-order valence-corrected chi connectivity index (χ2v) is 16.8. The third-order valence-corrected chi connectivity index (χ3v) is 13.2. The first-order chi connectivity index (χ1) is 31.0. The molecule has 10 rings (SSSR count). The van der Waals surface area contributed by atoms with Gasteiger partial charge in [0.1, 0.15) is 42.0 Å². The minimum atomic E-state index is -1.65. The minimum absolute atomic E-state index is 0.0620. The van der Waals surface area contributed by atoms with E-state index in [-0.39, 0.29) is 31.6 Å². The summed E-state index contributed by atoms with van der Waals surface area (Å²) >= 11 is 0. The fourth-order valence-corrected chi connectivity index (χ4v) is 10.5. The molecule has 4 aliphatic rings. The zero-order valence-corrected chi connectivity index (χ0v) is 34.8. The van der Waals surface area contributed by atoms with E-state index in [0.29, 0.717) is 41.2 Å². The predicted molar refractivity (Wildman–Crippen MR) is 236 cm³/mol. The normalized spacial score (nSPS) is 24.4. The van der Waals surface area contributed by atoms with Crippen LogP contribution in [0.3, 0.4) is 0 Å². The van der Waals surface area contributed by atoms with Crippen LogP contribution in [0.2, 0.25) is 0 Å². The van der Waals surface area contributed by atoms with Gasteiger partial charge in [-0.2, -0.15) is 0 Å². The van der Waals surface area contributed by atoms with Crippen molar-refractivity contribution in [3.05, 3.63) is 155 Å². The maximum Gasteiger partial charge on any atom is 0.324 e. The van der Waals surface area contributed by atoms with E-state index >= 15 is 14.4 Å². The average Bonchev–Trinajstić information content (AvgIpc) is 3.96. The molecule has 3 saturated heterocycles. The van der Waals surface area contributed by atoms with Crippen LogP contribution in [-0.4, -0.2) is 80.0 Å². The summed E-state index contributed by atoms with van der Waals surface area (Å²) < 4.78 is 14.4. The van der Waals surface area contributed by atoms with Crippen molar-refractivity contribution in [1.29, 1.82) is 0 Å². The van der Waals surface area contributed by atoms with Crippen LogP contribution in [0.1, 0.15) is 78.1 Å². The average molecular weight is 841 g/mol. The number of cyclic esters (lactones) is 1. The number of ether oxygens (including phenoxy) is 2. The van der Waals surface area contributed by atoms with Crippen molar-refractivity contribution in [2.75, 3.05) is 31.6 Å². The fraction of sp³-hybridized carbons (Fsp3) is 0.314. The number of hydrogen-bond donors (Lipinski definition) is 2. The van der Waals surface area contributed by atoms with Gasteiger partial charge >= 0.3 is 5.97 Å². The number of rotatable bonds is 8. The van der Waals surface area contributed by atoms with Crippen molar-refractivity contribution >= 4 is 34.5 Å². The van der Waals surface area contributed by atoms with Crippen LogP contribution < -0.4 is 10.1 Å². The summed E-state index contributed by atoms with van der Waals surface area (Å²) in [5, 5.41) is 21.5. The van der Waals surface area contributed by atoms with Gasteiger partial charge in [0.2, 0.25) is 11.8 Å². The van der Waals surface area contributed by atoms with E-state index in [2.05, 4.69) is 32.4 Å². The Bertz CT molecular complexity index is 2720. The van der Waals surface area contributed by atoms with Gasteiger partial charge in [-0.1, -0.05) is 121 Å². The molecule has 2 N–H and O–H groups in total. The van der Waals surface area contributed by atoms with Crippen molar-refractivity contribution in [3.63, 3.8) is 0 Å². The van der Waals surface area contributed by atoms with Crippen LogP contribution in [0.25, 0.3) is 11.0 Å². The van der Waals surface area contributed by atoms with Crippen molar-refractivity contribution < 1.29 is 29.0 Å². The van der Waals surface area contributed by atoms with E-state index in [0.717, 1.165) is 54.3 Å². The molecule has 0 aliphatic carbocycles. The molecule has 0 unspecified atom stereocenters. The van der Waals surface area contributed by atoms with Crippen LogP contribution >= 0.6 is 0 Å². The van der Waals surface area contributed by atoms with Crippen molar-refractivity contribution in [3.8, 4) is 17.6 Å². The van der Waals surface area contributed by atoms with Crippen LogP contribution in [0.15, 0.2) is 127 Å². The second-order valence-electron chi connectivity index (χ2n) is 16.8. The summed E-state index contributed by atoms with van der Waals surface area (Å²) in [5.41, 5.74) is 4.12. The van der Waals surface area contributed by atoms with Crippen LogP contribution in [-0.2, 0) is 31.1 Å². The monoisotopic (exact) mass is 840 g/mol. The first-order valence-electron chi connectivity index (χ1n) is 21.9. The Morgan fingerprint density at radius 3 is 2.30 bits per heavy atom. The number of anilines is 1. The van der Waals surface area contributed by atoms with Gasteiger partial charge in [-0.25, -0.2) is 4.68 Å². The lowest BCUT2D eigenvalue weighted by molar-refractivity contribution is -0.179. The highest BCUT2D eigenvalue weighted by molar-refractivity contribution is 6.12. The lowest BCUT2D eigenvalue weighted by atomic mass is 9.65. The number of morpholine rings is 1. The molecular formula is C51H48N6O6. The lowest BCUT2D eigenvalue weighted by Gasteiger charge is -2.46. The molecule has 0 bridgehead atoms. The zero-order valence-electron chi connectivity index (χ0n) is 34.8. The van der Waals surface area contributed by atoms with E-state index in [1.54, 1.807) is 4.68 Å². The Morgan fingerprint density at radius 2 is 1.52 bits per heavy atom. The summed E-state index contributed by atoms with van der Waals surface area (Å²) in [7, 11) is 0. The predicted octanol–water partition coefficient (Wildman–Crippen LogP) is 6.92. The lowest BCUT2D eigenvalue weighted by Crippen LogP contribution is -2.55. The second kappa shape index (κ2) is 17.2. The summed E-state index contributed by atoms with van der Waals surface area (Å²) in [6.07, 6.45) is 3.95. The molecular weight excluding hydrogens is 793 g/mol. The quantitative estimate of drug-likeness (QED) is 0.124. The Balaban J connectivity index is 1.21. The van der Waals surface area contributed by atoms with Crippen LogP contribution in [0, 0.1) is 17.8 Å². The van der Waals surface area contributed by atoms with Gasteiger partial charge in [-0.05, 0) is 77.6 Å². The van der Waals surface area contributed by atoms with E-state index in [1.165, 1.54) is 0 Å². The highest BCUT2D eigenvalue weighted by atomic mass is 16.6. The summed E-state index contributed by atoms with van der Waals surface area (Å²) in [6, 6.07) is 37.7. The number of carbonyl (C=O) groups excluding carboxylic acids is 3. The molecule has 0 radical (unpaired) electrons. The standard InChI is InChI=1S/C51H48N6O6/c58-30-31-62-38-22-14-21-37(33-38)47-51(39-32-34(25-26-40(39)52-50(51)61)16-15-29-56-42-24-11-10-23-41(42)53-54-56)43(48(59)55-27-12-2-1-3-13-28-55)45-49(60)63-46(36-19-8-5-9-20-36)44(57(45)47)35-17-6-4-7-18-35/h4-11,14,17-26,32-33,43-47,58H,1-3,12-13,27-31H2,(H,52,61)/t43-,44-,45-,46+,47+,51-/m1/s1. The van der Waals surface area contributed by atoms with Gasteiger partial charge in [0.25, 0.3) is 0 Å². The molecule has 6 atom stereocenters. The molecule has 5 heterocycles. The molecule has 63 heavy (non-hydrogen) atoms. The molecule has 6 aromatic rings. The SMILES string of the molecule is O=C1O[C@@H](c2ccccc2)[C@@H](c2ccccc2)N2[C@@H](c3cccc(OCCO)c3)[C@]3(C(=O)Nc4ccc(C#CCn5nnc6ccccc65)cc43)[C@@H](C(=O)N3CCCCCCC3)[C@H]12. The molecule has 3 fully saturated rings. The smallest absolute Gasteiger partial charge is 0.324 e. The Labute approximate surface area is 365 Å². The Hall–Kier alpha value is -6.81. The van der Waals surface area contributed by atoms with E-state index in [1.807, 2.05) is 132 Å². The van der Waals surface area contributed by atoms with Crippen LogP contribution in [0.4, 0.5) is 5.69 Å². The van der Waals surface area contributed by atoms with Crippen LogP contribution in [0.5, 0.6) is 5.75 Å². The fourth-order valence-electron chi connectivity index (χ4n) is 10.5. The van der Waals surface area contributed by atoms with Gasteiger partial charge < -0.3 is 24.8 Å². The number of aromatic nitrogens is 3. The van der Waals surface area contributed by atoms with Crippen molar-refractivity contribution in [1.82, 2.24) is 24.8 Å². The highest BCUT2D eigenvalue weighted by Crippen LogP contribution is 2.65. The van der Waals surface area contributed by atoms with E-state index in [9.17, 15) is 5.11 Å². The molecule has 5 aromatic carbocycles. The topological polar surface area (TPSA) is 139 Å². The number of fused-ring (bicyclic) bond motifs is 4. The largest absolute Gasteiger partial charge is 0.491 e.